The molecule has 0 aliphatic rings. The second-order valence-corrected chi connectivity index (χ2v) is 4.84. The lowest BCUT2D eigenvalue weighted by Gasteiger charge is -2.08. The number of pyridine rings is 1. The molecule has 0 radical (unpaired) electrons. The molecule has 0 spiro atoms. The number of hydrogen-bond donors (Lipinski definition) is 1. The first-order valence-electron chi connectivity index (χ1n) is 5.40. The zero-order valence-corrected chi connectivity index (χ0v) is 11.3. The normalized spacial score (nSPS) is 12.2. The SMILES string of the molecule is C[C@H](N)c1ccc(Oc2cc(F)cc(Br)c2)nc1. The second-order valence-electron chi connectivity index (χ2n) is 3.93. The molecule has 0 aliphatic heterocycles. The zero-order chi connectivity index (χ0) is 13.1. The molecule has 0 saturated heterocycles. The number of nitrogens with two attached hydrogens (primary N) is 1. The summed E-state index contributed by atoms with van der Waals surface area (Å²) in [5.74, 6) is 0.423. The molecule has 0 fully saturated rings. The maximum atomic E-state index is 13.2. The lowest BCUT2D eigenvalue weighted by molar-refractivity contribution is 0.457. The van der Waals surface area contributed by atoms with E-state index in [2.05, 4.69) is 20.9 Å². The van der Waals surface area contributed by atoms with Crippen LogP contribution in [0.2, 0.25) is 0 Å². The smallest absolute Gasteiger partial charge is 0.219 e. The molecule has 1 atom stereocenters. The van der Waals surface area contributed by atoms with Gasteiger partial charge < -0.3 is 10.5 Å². The van der Waals surface area contributed by atoms with E-state index in [1.165, 1.54) is 12.1 Å². The molecular formula is C13H12BrFN2O. The summed E-state index contributed by atoms with van der Waals surface area (Å²) in [6.07, 6.45) is 1.65. The van der Waals surface area contributed by atoms with Crippen LogP contribution in [0.5, 0.6) is 11.6 Å². The Morgan fingerprint density at radius 3 is 2.67 bits per heavy atom. The van der Waals surface area contributed by atoms with Crippen LogP contribution >= 0.6 is 15.9 Å². The number of benzene rings is 1. The van der Waals surface area contributed by atoms with Crippen LogP contribution in [0.25, 0.3) is 0 Å². The van der Waals surface area contributed by atoms with Crippen LogP contribution in [-0.2, 0) is 0 Å². The molecule has 2 aromatic rings. The minimum absolute atomic E-state index is 0.0742. The maximum absolute atomic E-state index is 13.2. The summed E-state index contributed by atoms with van der Waals surface area (Å²) in [5.41, 5.74) is 6.64. The van der Waals surface area contributed by atoms with Gasteiger partial charge in [-0.1, -0.05) is 22.0 Å². The fraction of sp³-hybridized carbons (Fsp3) is 0.154. The van der Waals surface area contributed by atoms with E-state index in [1.54, 1.807) is 18.3 Å². The van der Waals surface area contributed by atoms with Gasteiger partial charge in [-0.25, -0.2) is 9.37 Å². The highest BCUT2D eigenvalue weighted by molar-refractivity contribution is 9.10. The molecule has 5 heteroatoms. The largest absolute Gasteiger partial charge is 0.439 e. The van der Waals surface area contributed by atoms with Gasteiger partial charge in [0, 0.05) is 28.8 Å². The number of halogens is 2. The van der Waals surface area contributed by atoms with Gasteiger partial charge >= 0.3 is 0 Å². The third-order valence-electron chi connectivity index (χ3n) is 2.34. The van der Waals surface area contributed by atoms with Gasteiger partial charge in [0.2, 0.25) is 5.88 Å². The third kappa shape index (κ3) is 3.27. The average Bonchev–Trinajstić information content (AvgIpc) is 2.28. The summed E-state index contributed by atoms with van der Waals surface area (Å²) < 4.78 is 19.2. The summed E-state index contributed by atoms with van der Waals surface area (Å²) in [7, 11) is 0. The van der Waals surface area contributed by atoms with E-state index >= 15 is 0 Å². The summed E-state index contributed by atoms with van der Waals surface area (Å²) in [4.78, 5) is 4.11. The summed E-state index contributed by atoms with van der Waals surface area (Å²) in [5, 5.41) is 0. The van der Waals surface area contributed by atoms with Crippen molar-refractivity contribution in [1.82, 2.24) is 4.98 Å². The highest BCUT2D eigenvalue weighted by Crippen LogP contribution is 2.25. The van der Waals surface area contributed by atoms with E-state index in [1.807, 2.05) is 13.0 Å². The molecule has 0 bridgehead atoms. The van der Waals surface area contributed by atoms with Gasteiger partial charge in [0.15, 0.2) is 0 Å². The minimum atomic E-state index is -0.369. The van der Waals surface area contributed by atoms with Gasteiger partial charge in [-0.3, -0.25) is 0 Å². The summed E-state index contributed by atoms with van der Waals surface area (Å²) in [6.45, 7) is 1.88. The monoisotopic (exact) mass is 310 g/mol. The highest BCUT2D eigenvalue weighted by Gasteiger charge is 2.04. The van der Waals surface area contributed by atoms with Crippen LogP contribution in [0, 0.1) is 5.82 Å². The number of ether oxygens (including phenoxy) is 1. The Kier molecular flexibility index (Phi) is 3.93. The van der Waals surface area contributed by atoms with Crippen molar-refractivity contribution in [2.24, 2.45) is 5.73 Å². The van der Waals surface area contributed by atoms with Crippen LogP contribution in [-0.4, -0.2) is 4.98 Å². The van der Waals surface area contributed by atoms with Crippen LogP contribution < -0.4 is 10.5 Å². The Bertz CT molecular complexity index is 523. The van der Waals surface area contributed by atoms with Gasteiger partial charge in [-0.15, -0.1) is 0 Å². The average molecular weight is 311 g/mol. The molecule has 0 saturated carbocycles. The van der Waals surface area contributed by atoms with Crippen molar-refractivity contribution in [1.29, 1.82) is 0 Å². The van der Waals surface area contributed by atoms with E-state index < -0.39 is 0 Å². The molecule has 94 valence electrons. The molecule has 1 heterocycles. The predicted molar refractivity (Wildman–Crippen MR) is 71.0 cm³/mol. The van der Waals surface area contributed by atoms with Crippen molar-refractivity contribution in [3.05, 3.63) is 52.4 Å². The predicted octanol–water partition coefficient (Wildman–Crippen LogP) is 3.80. The molecule has 2 rings (SSSR count). The molecule has 0 aliphatic carbocycles. The van der Waals surface area contributed by atoms with Crippen LogP contribution in [0.3, 0.4) is 0 Å². The van der Waals surface area contributed by atoms with E-state index in [9.17, 15) is 4.39 Å². The fourth-order valence-corrected chi connectivity index (χ4v) is 1.87. The van der Waals surface area contributed by atoms with Crippen LogP contribution in [0.1, 0.15) is 18.5 Å². The standard InChI is InChI=1S/C13H12BrFN2O/c1-8(16)9-2-3-13(17-7-9)18-12-5-10(14)4-11(15)6-12/h2-8H,16H2,1H3/t8-/m0/s1. The minimum Gasteiger partial charge on any atom is -0.439 e. The first-order chi connectivity index (χ1) is 8.54. The zero-order valence-electron chi connectivity index (χ0n) is 9.73. The number of nitrogens with zero attached hydrogens (tertiary/aromatic N) is 1. The topological polar surface area (TPSA) is 48.1 Å². The quantitative estimate of drug-likeness (QED) is 0.938. The van der Waals surface area contributed by atoms with Crippen molar-refractivity contribution in [2.45, 2.75) is 13.0 Å². The van der Waals surface area contributed by atoms with E-state index in [-0.39, 0.29) is 11.9 Å². The Morgan fingerprint density at radius 1 is 1.33 bits per heavy atom. The molecule has 0 amide bonds. The van der Waals surface area contributed by atoms with Crippen molar-refractivity contribution in [3.8, 4) is 11.6 Å². The summed E-state index contributed by atoms with van der Waals surface area (Å²) >= 11 is 3.20. The molecule has 1 aromatic heterocycles. The lowest BCUT2D eigenvalue weighted by Crippen LogP contribution is -2.05. The molecule has 3 nitrogen and oxygen atoms in total. The first-order valence-corrected chi connectivity index (χ1v) is 6.19. The van der Waals surface area contributed by atoms with Crippen molar-refractivity contribution < 1.29 is 9.13 Å². The maximum Gasteiger partial charge on any atom is 0.219 e. The third-order valence-corrected chi connectivity index (χ3v) is 2.80. The molecule has 1 aromatic carbocycles. The number of rotatable bonds is 3. The Morgan fingerprint density at radius 2 is 2.11 bits per heavy atom. The van der Waals surface area contributed by atoms with Crippen LogP contribution in [0.4, 0.5) is 4.39 Å². The molecular weight excluding hydrogens is 299 g/mol. The Hall–Kier alpha value is -1.46. The van der Waals surface area contributed by atoms with Crippen molar-refractivity contribution in [3.63, 3.8) is 0 Å². The second kappa shape index (κ2) is 5.46. The fourth-order valence-electron chi connectivity index (χ4n) is 1.43. The van der Waals surface area contributed by atoms with Gasteiger partial charge in [-0.2, -0.15) is 0 Å². The number of aromatic nitrogens is 1. The van der Waals surface area contributed by atoms with E-state index in [0.717, 1.165) is 5.56 Å². The Balaban J connectivity index is 2.18. The molecule has 18 heavy (non-hydrogen) atoms. The van der Waals surface area contributed by atoms with Gasteiger partial charge in [0.1, 0.15) is 11.6 Å². The van der Waals surface area contributed by atoms with Crippen molar-refractivity contribution >= 4 is 15.9 Å². The van der Waals surface area contributed by atoms with Gasteiger partial charge in [-0.05, 0) is 24.6 Å². The highest BCUT2D eigenvalue weighted by atomic mass is 79.9. The van der Waals surface area contributed by atoms with E-state index in [4.69, 9.17) is 10.5 Å². The number of hydrogen-bond acceptors (Lipinski definition) is 3. The van der Waals surface area contributed by atoms with Gasteiger partial charge in [0.05, 0.1) is 0 Å². The van der Waals surface area contributed by atoms with Gasteiger partial charge in [0.25, 0.3) is 0 Å². The van der Waals surface area contributed by atoms with E-state index in [0.29, 0.717) is 16.1 Å². The lowest BCUT2D eigenvalue weighted by atomic mass is 10.2. The Labute approximate surface area is 113 Å². The van der Waals surface area contributed by atoms with Crippen molar-refractivity contribution in [2.75, 3.05) is 0 Å². The van der Waals surface area contributed by atoms with Crippen LogP contribution in [0.15, 0.2) is 41.0 Å². The summed E-state index contributed by atoms with van der Waals surface area (Å²) in [6, 6.07) is 7.80. The molecule has 2 N–H and O–H groups in total. The first kappa shape index (κ1) is 13.0. The molecule has 0 unspecified atom stereocenters.